The molecule has 1 N–H and O–H groups in total. The van der Waals surface area contributed by atoms with Gasteiger partial charge in [-0.2, -0.15) is 0 Å². The lowest BCUT2D eigenvalue weighted by Gasteiger charge is -2.40. The van der Waals surface area contributed by atoms with Gasteiger partial charge >= 0.3 is 0 Å². The number of morpholine rings is 1. The largest absolute Gasteiger partial charge is 0.493 e. The molecule has 0 radical (unpaired) electrons. The topological polar surface area (TPSA) is 101 Å². The number of hydrogen-bond donors (Lipinski definition) is 1. The Morgan fingerprint density at radius 2 is 1.81 bits per heavy atom. The van der Waals surface area contributed by atoms with Crippen LogP contribution in [0.2, 0.25) is 0 Å². The fraction of sp³-hybridized carbons (Fsp3) is 0.423. The molecule has 10 nitrogen and oxygen atoms in total. The van der Waals surface area contributed by atoms with Gasteiger partial charge in [-0.05, 0) is 18.2 Å². The Hall–Kier alpha value is -3.63. The van der Waals surface area contributed by atoms with E-state index >= 15 is 0 Å². The second-order valence-corrected chi connectivity index (χ2v) is 8.88. The molecule has 0 bridgehead atoms. The minimum atomic E-state index is -0.671. The van der Waals surface area contributed by atoms with Crippen molar-refractivity contribution in [1.29, 1.82) is 0 Å². The van der Waals surface area contributed by atoms with Gasteiger partial charge in [0.2, 0.25) is 5.91 Å². The molecule has 10 heteroatoms. The number of nitrogens with one attached hydrogen (secondary N) is 1. The van der Waals surface area contributed by atoms with Crippen molar-refractivity contribution in [2.24, 2.45) is 0 Å². The van der Waals surface area contributed by atoms with Crippen molar-refractivity contribution < 1.29 is 28.6 Å². The van der Waals surface area contributed by atoms with Gasteiger partial charge in [0.1, 0.15) is 6.17 Å². The molecule has 3 heterocycles. The van der Waals surface area contributed by atoms with Gasteiger partial charge in [-0.1, -0.05) is 18.2 Å². The molecular weight excluding hydrogens is 464 g/mol. The first-order valence-electron chi connectivity index (χ1n) is 12.1. The molecule has 3 aliphatic rings. The summed E-state index contributed by atoms with van der Waals surface area (Å²) in [5.41, 5.74) is 1.98. The molecule has 5 rings (SSSR count). The maximum absolute atomic E-state index is 13.7. The smallest absolute Gasteiger partial charge is 0.264 e. The standard InChI is InChI=1S/C26H30N4O6/c1-34-20-8-7-18-22(23(20)35-2)26(33)30-19-6-4-3-5-17(19)25(32)29(24(18)30)11-9-21(31)27-10-12-28-13-15-36-16-14-28/h3-8,24H,9-16H2,1-2H3,(H,27,31)/t24-/m1/s1. The summed E-state index contributed by atoms with van der Waals surface area (Å²) in [5, 5.41) is 2.95. The zero-order chi connectivity index (χ0) is 25.2. The lowest BCUT2D eigenvalue weighted by Crippen LogP contribution is -2.49. The van der Waals surface area contributed by atoms with Crippen molar-refractivity contribution in [3.05, 3.63) is 53.1 Å². The number of carbonyl (C=O) groups excluding carboxylic acids is 3. The molecule has 0 spiro atoms. The third-order valence-electron chi connectivity index (χ3n) is 6.92. The van der Waals surface area contributed by atoms with Gasteiger partial charge in [0.15, 0.2) is 11.5 Å². The maximum Gasteiger partial charge on any atom is 0.264 e. The summed E-state index contributed by atoms with van der Waals surface area (Å²) < 4.78 is 16.3. The minimum Gasteiger partial charge on any atom is -0.493 e. The molecule has 36 heavy (non-hydrogen) atoms. The van der Waals surface area contributed by atoms with Gasteiger partial charge in [-0.3, -0.25) is 24.2 Å². The van der Waals surface area contributed by atoms with Crippen molar-refractivity contribution >= 4 is 23.4 Å². The molecule has 0 unspecified atom stereocenters. The van der Waals surface area contributed by atoms with E-state index in [-0.39, 0.29) is 30.7 Å². The van der Waals surface area contributed by atoms with Crippen LogP contribution in [0, 0.1) is 0 Å². The highest BCUT2D eigenvalue weighted by Gasteiger charge is 2.49. The molecule has 0 saturated carbocycles. The molecule has 0 aliphatic carbocycles. The average Bonchev–Trinajstić information content (AvgIpc) is 3.21. The molecular formula is C26H30N4O6. The van der Waals surface area contributed by atoms with Crippen LogP contribution in [-0.4, -0.2) is 87.7 Å². The maximum atomic E-state index is 13.7. The van der Waals surface area contributed by atoms with E-state index in [0.29, 0.717) is 53.6 Å². The van der Waals surface area contributed by atoms with Crippen LogP contribution >= 0.6 is 0 Å². The number of carbonyl (C=O) groups is 3. The highest BCUT2D eigenvalue weighted by molar-refractivity contribution is 6.18. The van der Waals surface area contributed by atoms with Crippen LogP contribution in [0.1, 0.15) is 38.9 Å². The van der Waals surface area contributed by atoms with Gasteiger partial charge in [0.25, 0.3) is 11.8 Å². The molecule has 3 aliphatic heterocycles. The molecule has 3 amide bonds. The van der Waals surface area contributed by atoms with Crippen LogP contribution in [0.5, 0.6) is 11.5 Å². The van der Waals surface area contributed by atoms with Gasteiger partial charge < -0.3 is 24.4 Å². The van der Waals surface area contributed by atoms with Crippen molar-refractivity contribution in [3.63, 3.8) is 0 Å². The number of ether oxygens (including phenoxy) is 3. The number of fused-ring (bicyclic) bond motifs is 5. The summed E-state index contributed by atoms with van der Waals surface area (Å²) >= 11 is 0. The van der Waals surface area contributed by atoms with E-state index in [1.807, 2.05) is 0 Å². The zero-order valence-electron chi connectivity index (χ0n) is 20.5. The van der Waals surface area contributed by atoms with Crippen molar-refractivity contribution in [1.82, 2.24) is 15.1 Å². The van der Waals surface area contributed by atoms with Crippen LogP contribution < -0.4 is 19.7 Å². The van der Waals surface area contributed by atoms with Gasteiger partial charge in [-0.25, -0.2) is 0 Å². The molecule has 1 atom stereocenters. The molecule has 2 aromatic carbocycles. The molecule has 190 valence electrons. The van der Waals surface area contributed by atoms with Crippen molar-refractivity contribution in [2.45, 2.75) is 12.6 Å². The van der Waals surface area contributed by atoms with E-state index in [9.17, 15) is 14.4 Å². The van der Waals surface area contributed by atoms with Gasteiger partial charge in [0, 0.05) is 44.7 Å². The highest BCUT2D eigenvalue weighted by atomic mass is 16.5. The summed E-state index contributed by atoms with van der Waals surface area (Å²) in [6.07, 6.45) is -0.547. The van der Waals surface area contributed by atoms with Crippen LogP contribution in [0.25, 0.3) is 0 Å². The summed E-state index contributed by atoms with van der Waals surface area (Å²) in [5.74, 6) is 0.141. The van der Waals surface area contributed by atoms with E-state index in [2.05, 4.69) is 10.2 Å². The number of anilines is 1. The second-order valence-electron chi connectivity index (χ2n) is 8.88. The van der Waals surface area contributed by atoms with E-state index in [4.69, 9.17) is 14.2 Å². The Morgan fingerprint density at radius 1 is 1.03 bits per heavy atom. The number of hydrogen-bond acceptors (Lipinski definition) is 7. The predicted octanol–water partition coefficient (Wildman–Crippen LogP) is 1.66. The first-order valence-corrected chi connectivity index (χ1v) is 12.1. The molecule has 1 saturated heterocycles. The highest BCUT2D eigenvalue weighted by Crippen LogP contribution is 2.49. The van der Waals surface area contributed by atoms with E-state index in [1.54, 1.807) is 46.2 Å². The first-order chi connectivity index (χ1) is 17.5. The average molecular weight is 495 g/mol. The predicted molar refractivity (Wildman–Crippen MR) is 131 cm³/mol. The van der Waals surface area contributed by atoms with Crippen LogP contribution in [0.3, 0.4) is 0 Å². The number of methoxy groups -OCH3 is 2. The van der Waals surface area contributed by atoms with E-state index in [0.717, 1.165) is 19.6 Å². The Balaban J connectivity index is 1.38. The van der Waals surface area contributed by atoms with E-state index in [1.165, 1.54) is 14.2 Å². The fourth-order valence-electron chi connectivity index (χ4n) is 5.14. The third kappa shape index (κ3) is 4.16. The SMILES string of the molecule is COc1ccc2c(c1OC)C(=O)N1c3ccccc3C(=O)N(CCC(=O)NCCN3CCOCC3)[C@@H]21. The lowest BCUT2D eigenvalue weighted by atomic mass is 10.0. The molecule has 1 fully saturated rings. The van der Waals surface area contributed by atoms with Crippen LogP contribution in [-0.2, 0) is 9.53 Å². The normalized spacial score (nSPS) is 19.0. The Kier molecular flexibility index (Phi) is 6.80. The van der Waals surface area contributed by atoms with Crippen molar-refractivity contribution in [2.75, 3.05) is 65.1 Å². The van der Waals surface area contributed by atoms with Crippen molar-refractivity contribution in [3.8, 4) is 11.5 Å². The van der Waals surface area contributed by atoms with Crippen LogP contribution in [0.15, 0.2) is 36.4 Å². The lowest BCUT2D eigenvalue weighted by molar-refractivity contribution is -0.121. The zero-order valence-corrected chi connectivity index (χ0v) is 20.5. The fourth-order valence-corrected chi connectivity index (χ4v) is 5.14. The molecule has 2 aromatic rings. The number of amides is 3. The third-order valence-corrected chi connectivity index (χ3v) is 6.92. The first kappa shape index (κ1) is 24.1. The number of nitrogens with zero attached hydrogens (tertiary/aromatic N) is 3. The second kappa shape index (κ2) is 10.2. The quantitative estimate of drug-likeness (QED) is 0.596. The number of rotatable bonds is 8. The minimum absolute atomic E-state index is 0.123. The Bertz CT molecular complexity index is 1180. The summed E-state index contributed by atoms with van der Waals surface area (Å²) in [4.78, 5) is 45.4. The number of benzene rings is 2. The molecule has 0 aromatic heterocycles. The Labute approximate surface area is 209 Å². The Morgan fingerprint density at radius 3 is 2.56 bits per heavy atom. The van der Waals surface area contributed by atoms with Gasteiger partial charge in [-0.15, -0.1) is 0 Å². The summed E-state index contributed by atoms with van der Waals surface area (Å²) in [6.45, 7) is 4.59. The monoisotopic (exact) mass is 494 g/mol. The number of para-hydroxylation sites is 1. The van der Waals surface area contributed by atoms with Crippen LogP contribution in [0.4, 0.5) is 5.69 Å². The summed E-state index contributed by atoms with van der Waals surface area (Å²) in [6, 6.07) is 10.6. The van der Waals surface area contributed by atoms with Gasteiger partial charge in [0.05, 0.1) is 44.2 Å². The summed E-state index contributed by atoms with van der Waals surface area (Å²) in [7, 11) is 3.00. The van der Waals surface area contributed by atoms with E-state index < -0.39 is 6.17 Å².